The van der Waals surface area contributed by atoms with Crippen molar-refractivity contribution in [1.29, 1.82) is 0 Å². The molecule has 2 amide bonds. The predicted molar refractivity (Wildman–Crippen MR) is 102 cm³/mol. The number of phenolic OH excluding ortho intramolecular Hbond substituents is 1. The van der Waals surface area contributed by atoms with E-state index >= 15 is 0 Å². The van der Waals surface area contributed by atoms with Gasteiger partial charge in [0.25, 0.3) is 5.91 Å². The molecule has 1 aliphatic rings. The van der Waals surface area contributed by atoms with Gasteiger partial charge in [0.2, 0.25) is 5.91 Å². The van der Waals surface area contributed by atoms with Gasteiger partial charge in [-0.3, -0.25) is 9.59 Å². The Balaban J connectivity index is 1.54. The zero-order valence-electron chi connectivity index (χ0n) is 15.6. The number of rotatable bonds is 6. The number of benzene rings is 2. The van der Waals surface area contributed by atoms with Crippen molar-refractivity contribution in [1.82, 2.24) is 10.2 Å². The SMILES string of the molecule is COc1ccc(CCN2CC(NC(=O)c3ccc(C)cc3O)CC2=O)cc1. The molecular formula is C21H24N2O4. The Kier molecular flexibility index (Phi) is 5.64. The summed E-state index contributed by atoms with van der Waals surface area (Å²) in [5.41, 5.74) is 2.23. The van der Waals surface area contributed by atoms with Crippen molar-refractivity contribution in [2.75, 3.05) is 20.2 Å². The van der Waals surface area contributed by atoms with Crippen LogP contribution >= 0.6 is 0 Å². The summed E-state index contributed by atoms with van der Waals surface area (Å²) in [5, 5.41) is 12.8. The quantitative estimate of drug-likeness (QED) is 0.820. The van der Waals surface area contributed by atoms with E-state index in [0.29, 0.717) is 13.1 Å². The van der Waals surface area contributed by atoms with Crippen molar-refractivity contribution in [2.45, 2.75) is 25.8 Å². The normalized spacial score (nSPS) is 16.4. The molecule has 1 unspecified atom stereocenters. The van der Waals surface area contributed by atoms with Crippen LogP contribution in [0.5, 0.6) is 11.5 Å². The maximum Gasteiger partial charge on any atom is 0.255 e. The Hall–Kier alpha value is -3.02. The molecular weight excluding hydrogens is 344 g/mol. The van der Waals surface area contributed by atoms with Crippen LogP contribution in [0.1, 0.15) is 27.9 Å². The standard InChI is InChI=1S/C21H24N2O4/c1-14-3-8-18(19(24)11-14)21(26)22-16-12-20(25)23(13-16)10-9-15-4-6-17(27-2)7-5-15/h3-8,11,16,24H,9-10,12-13H2,1-2H3,(H,22,26). The minimum absolute atomic E-state index is 0.0296. The summed E-state index contributed by atoms with van der Waals surface area (Å²) in [6.45, 7) is 2.93. The molecule has 2 aromatic rings. The number of likely N-dealkylation sites (tertiary alicyclic amines) is 1. The average molecular weight is 368 g/mol. The van der Waals surface area contributed by atoms with E-state index in [1.54, 1.807) is 30.2 Å². The number of nitrogens with one attached hydrogen (secondary N) is 1. The molecule has 0 aromatic heterocycles. The van der Waals surface area contributed by atoms with Crippen molar-refractivity contribution in [3.63, 3.8) is 0 Å². The Labute approximate surface area is 158 Å². The molecule has 0 aliphatic carbocycles. The van der Waals surface area contributed by atoms with Gasteiger partial charge in [-0.1, -0.05) is 18.2 Å². The number of ether oxygens (including phenoxy) is 1. The number of nitrogens with zero attached hydrogens (tertiary/aromatic N) is 1. The molecule has 2 aromatic carbocycles. The predicted octanol–water partition coefficient (Wildman–Crippen LogP) is 2.28. The van der Waals surface area contributed by atoms with Crippen LogP contribution in [0.2, 0.25) is 0 Å². The lowest BCUT2D eigenvalue weighted by atomic mass is 10.1. The monoisotopic (exact) mass is 368 g/mol. The largest absolute Gasteiger partial charge is 0.507 e. The summed E-state index contributed by atoms with van der Waals surface area (Å²) >= 11 is 0. The van der Waals surface area contributed by atoms with Gasteiger partial charge < -0.3 is 20.1 Å². The second-order valence-corrected chi connectivity index (χ2v) is 6.83. The molecule has 0 saturated carbocycles. The summed E-state index contributed by atoms with van der Waals surface area (Å²) in [6, 6.07) is 12.4. The summed E-state index contributed by atoms with van der Waals surface area (Å²) < 4.78 is 5.14. The van der Waals surface area contributed by atoms with E-state index in [1.165, 1.54) is 0 Å². The van der Waals surface area contributed by atoms with Crippen molar-refractivity contribution in [2.24, 2.45) is 0 Å². The fourth-order valence-electron chi connectivity index (χ4n) is 3.24. The van der Waals surface area contributed by atoms with E-state index in [-0.39, 0.29) is 35.6 Å². The summed E-state index contributed by atoms with van der Waals surface area (Å²) in [6.07, 6.45) is 1.02. The smallest absolute Gasteiger partial charge is 0.255 e. The third-order valence-electron chi connectivity index (χ3n) is 4.78. The molecule has 1 heterocycles. The van der Waals surface area contributed by atoms with Crippen molar-refractivity contribution in [3.8, 4) is 11.5 Å². The van der Waals surface area contributed by atoms with Crippen molar-refractivity contribution < 1.29 is 19.4 Å². The summed E-state index contributed by atoms with van der Waals surface area (Å²) in [7, 11) is 1.63. The number of hydrogen-bond donors (Lipinski definition) is 2. The van der Waals surface area contributed by atoms with E-state index < -0.39 is 0 Å². The van der Waals surface area contributed by atoms with Crippen LogP contribution in [-0.2, 0) is 11.2 Å². The maximum atomic E-state index is 12.4. The number of aromatic hydroxyl groups is 1. The third-order valence-corrected chi connectivity index (χ3v) is 4.78. The maximum absolute atomic E-state index is 12.4. The van der Waals surface area contributed by atoms with Gasteiger partial charge >= 0.3 is 0 Å². The van der Waals surface area contributed by atoms with E-state index in [1.807, 2.05) is 31.2 Å². The Morgan fingerprint density at radius 2 is 2.00 bits per heavy atom. The van der Waals surface area contributed by atoms with E-state index in [4.69, 9.17) is 4.74 Å². The van der Waals surface area contributed by atoms with Gasteiger partial charge in [-0.2, -0.15) is 0 Å². The first-order chi connectivity index (χ1) is 13.0. The van der Waals surface area contributed by atoms with Crippen LogP contribution < -0.4 is 10.1 Å². The molecule has 1 fully saturated rings. The van der Waals surface area contributed by atoms with Crippen LogP contribution in [-0.4, -0.2) is 48.1 Å². The zero-order valence-corrected chi connectivity index (χ0v) is 15.6. The highest BCUT2D eigenvalue weighted by Crippen LogP contribution is 2.20. The van der Waals surface area contributed by atoms with Gasteiger partial charge in [0.15, 0.2) is 0 Å². The molecule has 6 nitrogen and oxygen atoms in total. The number of carbonyl (C=O) groups is 2. The van der Waals surface area contributed by atoms with Crippen LogP contribution in [0.3, 0.4) is 0 Å². The van der Waals surface area contributed by atoms with Gasteiger partial charge in [0.1, 0.15) is 11.5 Å². The van der Waals surface area contributed by atoms with Crippen LogP contribution in [0.4, 0.5) is 0 Å². The van der Waals surface area contributed by atoms with Gasteiger partial charge in [0.05, 0.1) is 18.7 Å². The fraction of sp³-hybridized carbons (Fsp3) is 0.333. The van der Waals surface area contributed by atoms with Crippen LogP contribution in [0, 0.1) is 6.92 Å². The fourth-order valence-corrected chi connectivity index (χ4v) is 3.24. The lowest BCUT2D eigenvalue weighted by molar-refractivity contribution is -0.127. The van der Waals surface area contributed by atoms with E-state index in [0.717, 1.165) is 23.3 Å². The highest BCUT2D eigenvalue weighted by atomic mass is 16.5. The van der Waals surface area contributed by atoms with Gasteiger partial charge in [-0.15, -0.1) is 0 Å². The minimum Gasteiger partial charge on any atom is -0.507 e. The van der Waals surface area contributed by atoms with Gasteiger partial charge in [0, 0.05) is 19.5 Å². The van der Waals surface area contributed by atoms with Crippen LogP contribution in [0.15, 0.2) is 42.5 Å². The number of aryl methyl sites for hydroxylation is 1. The molecule has 142 valence electrons. The van der Waals surface area contributed by atoms with Crippen molar-refractivity contribution >= 4 is 11.8 Å². The molecule has 3 rings (SSSR count). The zero-order chi connectivity index (χ0) is 19.4. The van der Waals surface area contributed by atoms with Crippen LogP contribution in [0.25, 0.3) is 0 Å². The molecule has 0 bridgehead atoms. The third kappa shape index (κ3) is 4.58. The highest BCUT2D eigenvalue weighted by Gasteiger charge is 2.30. The number of carbonyl (C=O) groups excluding carboxylic acids is 2. The topological polar surface area (TPSA) is 78.9 Å². The molecule has 1 atom stereocenters. The molecule has 0 spiro atoms. The molecule has 1 aliphatic heterocycles. The summed E-state index contributed by atoms with van der Waals surface area (Å²) in [4.78, 5) is 26.4. The number of hydrogen-bond acceptors (Lipinski definition) is 4. The van der Waals surface area contributed by atoms with E-state index in [9.17, 15) is 14.7 Å². The first-order valence-corrected chi connectivity index (χ1v) is 8.97. The number of amides is 2. The second kappa shape index (κ2) is 8.12. The first-order valence-electron chi connectivity index (χ1n) is 8.97. The Bertz CT molecular complexity index is 833. The summed E-state index contributed by atoms with van der Waals surface area (Å²) in [5.74, 6) is 0.426. The Morgan fingerprint density at radius 1 is 1.26 bits per heavy atom. The molecule has 27 heavy (non-hydrogen) atoms. The Morgan fingerprint density at radius 3 is 2.67 bits per heavy atom. The van der Waals surface area contributed by atoms with Crippen molar-refractivity contribution in [3.05, 3.63) is 59.2 Å². The number of phenols is 1. The minimum atomic E-state index is -0.359. The number of methoxy groups -OCH3 is 1. The molecule has 1 saturated heterocycles. The lowest BCUT2D eigenvalue weighted by Gasteiger charge is -2.17. The van der Waals surface area contributed by atoms with E-state index in [2.05, 4.69) is 5.32 Å². The first kappa shape index (κ1) is 18.8. The highest BCUT2D eigenvalue weighted by molar-refractivity contribution is 5.97. The molecule has 0 radical (unpaired) electrons. The second-order valence-electron chi connectivity index (χ2n) is 6.83. The lowest BCUT2D eigenvalue weighted by Crippen LogP contribution is -2.37. The molecule has 6 heteroatoms. The molecule has 2 N–H and O–H groups in total. The van der Waals surface area contributed by atoms with Gasteiger partial charge in [-0.25, -0.2) is 0 Å². The average Bonchev–Trinajstić information content (AvgIpc) is 2.99. The van der Waals surface area contributed by atoms with Gasteiger partial charge in [-0.05, 0) is 48.7 Å².